The maximum atomic E-state index is 9.09. The van der Waals surface area contributed by atoms with Crippen molar-refractivity contribution in [2.45, 2.75) is 64.5 Å². The summed E-state index contributed by atoms with van der Waals surface area (Å²) < 4.78 is 0. The fraction of sp³-hybridized carbons (Fsp3) is 1.00. The van der Waals surface area contributed by atoms with Gasteiger partial charge in [-0.25, -0.2) is 0 Å². The van der Waals surface area contributed by atoms with Gasteiger partial charge >= 0.3 is 0 Å². The van der Waals surface area contributed by atoms with E-state index < -0.39 is 0 Å². The zero-order chi connectivity index (χ0) is 13.9. The lowest BCUT2D eigenvalue weighted by Gasteiger charge is -2.41. The highest BCUT2D eigenvalue weighted by Crippen LogP contribution is 2.42. The zero-order valence-corrected chi connectivity index (χ0v) is 13.0. The molecule has 0 spiro atoms. The average molecular weight is 268 g/mol. The second-order valence-electron chi connectivity index (χ2n) is 7.21. The molecular formula is C16H32N2O. The third-order valence-corrected chi connectivity index (χ3v) is 5.45. The number of aliphatic hydroxyl groups is 1. The van der Waals surface area contributed by atoms with Crippen LogP contribution < -0.4 is 5.32 Å². The molecule has 3 nitrogen and oxygen atoms in total. The van der Waals surface area contributed by atoms with E-state index in [1.54, 1.807) is 0 Å². The van der Waals surface area contributed by atoms with Gasteiger partial charge in [-0.05, 0) is 50.5 Å². The maximum Gasteiger partial charge on any atom is 0.0443 e. The molecule has 2 saturated carbocycles. The first kappa shape index (κ1) is 15.3. The Morgan fingerprint density at radius 2 is 2.00 bits per heavy atom. The van der Waals surface area contributed by atoms with E-state index in [2.05, 4.69) is 31.1 Å². The molecule has 0 aromatic carbocycles. The zero-order valence-electron chi connectivity index (χ0n) is 13.0. The molecule has 112 valence electrons. The van der Waals surface area contributed by atoms with Crippen molar-refractivity contribution >= 4 is 0 Å². The summed E-state index contributed by atoms with van der Waals surface area (Å²) in [5.41, 5.74) is 0.432. The summed E-state index contributed by atoms with van der Waals surface area (Å²) in [6.45, 7) is 7.42. The Bertz CT molecular complexity index is 276. The summed E-state index contributed by atoms with van der Waals surface area (Å²) in [7, 11) is 2.12. The number of aliphatic hydroxyl groups excluding tert-OH is 1. The number of nitrogens with zero attached hydrogens (tertiary/aromatic N) is 1. The fourth-order valence-electron chi connectivity index (χ4n) is 4.09. The Morgan fingerprint density at radius 3 is 2.53 bits per heavy atom. The molecule has 2 aliphatic rings. The van der Waals surface area contributed by atoms with Gasteiger partial charge in [0, 0.05) is 31.8 Å². The lowest BCUT2D eigenvalue weighted by molar-refractivity contribution is 0.0889. The van der Waals surface area contributed by atoms with Gasteiger partial charge in [0.15, 0.2) is 0 Å². The fourth-order valence-corrected chi connectivity index (χ4v) is 4.09. The average Bonchev–Trinajstić information content (AvgIpc) is 2.58. The van der Waals surface area contributed by atoms with Gasteiger partial charge < -0.3 is 10.4 Å². The van der Waals surface area contributed by atoms with Crippen LogP contribution in [0.2, 0.25) is 0 Å². The third kappa shape index (κ3) is 3.50. The molecule has 0 aliphatic heterocycles. The van der Waals surface area contributed by atoms with Crippen LogP contribution >= 0.6 is 0 Å². The van der Waals surface area contributed by atoms with Crippen LogP contribution in [0, 0.1) is 11.3 Å². The van der Waals surface area contributed by atoms with Crippen molar-refractivity contribution in [3.63, 3.8) is 0 Å². The van der Waals surface area contributed by atoms with Gasteiger partial charge in [0.25, 0.3) is 0 Å². The van der Waals surface area contributed by atoms with Crippen molar-refractivity contribution in [3.8, 4) is 0 Å². The van der Waals surface area contributed by atoms with Crippen molar-refractivity contribution in [2.75, 3.05) is 26.7 Å². The lowest BCUT2D eigenvalue weighted by Crippen LogP contribution is -2.48. The molecule has 0 bridgehead atoms. The van der Waals surface area contributed by atoms with Crippen LogP contribution in [0.5, 0.6) is 0 Å². The van der Waals surface area contributed by atoms with Crippen LogP contribution in [0.4, 0.5) is 0 Å². The van der Waals surface area contributed by atoms with Crippen LogP contribution in [-0.4, -0.2) is 48.8 Å². The quantitative estimate of drug-likeness (QED) is 0.743. The Balaban J connectivity index is 1.92. The summed E-state index contributed by atoms with van der Waals surface area (Å²) in [5, 5.41) is 12.7. The normalized spacial score (nSPS) is 30.8. The standard InChI is InChI=1S/C16H32N2O/c1-16(2)9-8-13(15(16)17-3)12-18(10-5-11-19)14-6-4-7-14/h13-15,17,19H,4-12H2,1-3H3. The first-order valence-corrected chi connectivity index (χ1v) is 8.10. The van der Waals surface area contributed by atoms with E-state index in [9.17, 15) is 0 Å². The molecule has 2 fully saturated rings. The molecule has 2 N–H and O–H groups in total. The van der Waals surface area contributed by atoms with Gasteiger partial charge in [-0.1, -0.05) is 20.3 Å². The molecule has 19 heavy (non-hydrogen) atoms. The molecule has 2 unspecified atom stereocenters. The molecular weight excluding hydrogens is 236 g/mol. The number of hydrogen-bond donors (Lipinski definition) is 2. The summed E-state index contributed by atoms with van der Waals surface area (Å²) >= 11 is 0. The minimum absolute atomic E-state index is 0.328. The van der Waals surface area contributed by atoms with E-state index >= 15 is 0 Å². The van der Waals surface area contributed by atoms with Crippen LogP contribution in [-0.2, 0) is 0 Å². The highest BCUT2D eigenvalue weighted by atomic mass is 16.3. The van der Waals surface area contributed by atoms with Crippen LogP contribution in [0.25, 0.3) is 0 Å². The van der Waals surface area contributed by atoms with Crippen molar-refractivity contribution < 1.29 is 5.11 Å². The van der Waals surface area contributed by atoms with Gasteiger partial charge in [0.1, 0.15) is 0 Å². The van der Waals surface area contributed by atoms with Crippen molar-refractivity contribution in [2.24, 2.45) is 11.3 Å². The van der Waals surface area contributed by atoms with Crippen LogP contribution in [0.1, 0.15) is 52.4 Å². The summed E-state index contributed by atoms with van der Waals surface area (Å²) in [6.07, 6.45) is 7.74. The predicted octanol–water partition coefficient (Wildman–Crippen LogP) is 2.25. The van der Waals surface area contributed by atoms with Gasteiger partial charge in [-0.2, -0.15) is 0 Å². The number of hydrogen-bond acceptors (Lipinski definition) is 3. The molecule has 2 aliphatic carbocycles. The summed E-state index contributed by atoms with van der Waals surface area (Å²) in [5.74, 6) is 0.777. The first-order chi connectivity index (χ1) is 9.08. The van der Waals surface area contributed by atoms with E-state index in [-0.39, 0.29) is 0 Å². The van der Waals surface area contributed by atoms with Gasteiger partial charge in [-0.15, -0.1) is 0 Å². The van der Waals surface area contributed by atoms with Gasteiger partial charge in [-0.3, -0.25) is 4.90 Å². The molecule has 0 radical (unpaired) electrons. The molecule has 2 atom stereocenters. The van der Waals surface area contributed by atoms with E-state index in [1.807, 2.05) is 0 Å². The predicted molar refractivity (Wildman–Crippen MR) is 80.3 cm³/mol. The molecule has 3 heteroatoms. The third-order valence-electron chi connectivity index (χ3n) is 5.45. The van der Waals surface area contributed by atoms with E-state index in [0.717, 1.165) is 24.9 Å². The van der Waals surface area contributed by atoms with Gasteiger partial charge in [0.2, 0.25) is 0 Å². The molecule has 2 rings (SSSR count). The van der Waals surface area contributed by atoms with Crippen LogP contribution in [0.3, 0.4) is 0 Å². The highest BCUT2D eigenvalue weighted by molar-refractivity contribution is 4.97. The molecule has 0 aromatic heterocycles. The smallest absolute Gasteiger partial charge is 0.0443 e. The Morgan fingerprint density at radius 1 is 1.26 bits per heavy atom. The van der Waals surface area contributed by atoms with E-state index in [4.69, 9.17) is 5.11 Å². The summed E-state index contributed by atoms with van der Waals surface area (Å²) in [4.78, 5) is 2.66. The van der Waals surface area contributed by atoms with E-state index in [0.29, 0.717) is 18.1 Å². The summed E-state index contributed by atoms with van der Waals surface area (Å²) in [6, 6.07) is 1.44. The molecule has 0 aromatic rings. The molecule has 0 saturated heterocycles. The van der Waals surface area contributed by atoms with Crippen molar-refractivity contribution in [1.29, 1.82) is 0 Å². The van der Waals surface area contributed by atoms with E-state index in [1.165, 1.54) is 38.6 Å². The minimum Gasteiger partial charge on any atom is -0.396 e. The Kier molecular flexibility index (Phi) is 5.27. The second-order valence-corrected chi connectivity index (χ2v) is 7.21. The van der Waals surface area contributed by atoms with Gasteiger partial charge in [0.05, 0.1) is 0 Å². The maximum absolute atomic E-state index is 9.09. The van der Waals surface area contributed by atoms with Crippen molar-refractivity contribution in [1.82, 2.24) is 10.2 Å². The number of rotatable bonds is 7. The first-order valence-electron chi connectivity index (χ1n) is 8.10. The van der Waals surface area contributed by atoms with Crippen molar-refractivity contribution in [3.05, 3.63) is 0 Å². The lowest BCUT2D eigenvalue weighted by atomic mass is 9.84. The minimum atomic E-state index is 0.328. The number of nitrogens with one attached hydrogen (secondary N) is 1. The topological polar surface area (TPSA) is 35.5 Å². The highest BCUT2D eigenvalue weighted by Gasteiger charge is 2.42. The van der Waals surface area contributed by atoms with Crippen LogP contribution in [0.15, 0.2) is 0 Å². The largest absolute Gasteiger partial charge is 0.396 e. The SMILES string of the molecule is CNC1C(CN(CCCO)C2CCC2)CCC1(C)C. The molecule has 0 amide bonds. The Labute approximate surface area is 118 Å². The molecule has 0 heterocycles. The second kappa shape index (κ2) is 6.55. The monoisotopic (exact) mass is 268 g/mol. The Hall–Kier alpha value is -0.120.